The molecule has 0 atom stereocenters. The maximum absolute atomic E-state index is 12.9. The quantitative estimate of drug-likeness (QED) is 0.594. The molecule has 0 saturated carbocycles. The number of rotatable bonds is 10. The van der Waals surface area contributed by atoms with Gasteiger partial charge in [-0.3, -0.25) is 4.79 Å². The highest BCUT2D eigenvalue weighted by Gasteiger charge is 2.24. The molecule has 31 heavy (non-hydrogen) atoms. The molecular formula is C23H30N2O5S. The van der Waals surface area contributed by atoms with Gasteiger partial charge in [0, 0.05) is 18.8 Å². The molecule has 7 nitrogen and oxygen atoms in total. The molecule has 0 fully saturated rings. The fourth-order valence-corrected chi connectivity index (χ4v) is 4.81. The minimum atomic E-state index is -3.63. The lowest BCUT2D eigenvalue weighted by Crippen LogP contribution is -2.31. The first-order valence-electron chi connectivity index (χ1n) is 10.1. The van der Waals surface area contributed by atoms with Gasteiger partial charge in [-0.2, -0.15) is 4.31 Å². The molecule has 0 heterocycles. The Morgan fingerprint density at radius 2 is 1.81 bits per heavy atom. The molecule has 8 heteroatoms. The maximum atomic E-state index is 12.9. The van der Waals surface area contributed by atoms with Crippen molar-refractivity contribution in [2.45, 2.75) is 32.6 Å². The van der Waals surface area contributed by atoms with Gasteiger partial charge in [-0.25, -0.2) is 8.42 Å². The molecule has 0 radical (unpaired) electrons. The summed E-state index contributed by atoms with van der Waals surface area (Å²) >= 11 is 0. The Kier molecular flexibility index (Phi) is 8.65. The Morgan fingerprint density at radius 3 is 2.42 bits per heavy atom. The molecule has 0 bridgehead atoms. The fourth-order valence-electron chi connectivity index (χ4n) is 3.10. The number of ether oxygens (including phenoxy) is 2. The highest BCUT2D eigenvalue weighted by molar-refractivity contribution is 7.89. The lowest BCUT2D eigenvalue weighted by Gasteiger charge is -2.20. The molecule has 2 aromatic carbocycles. The molecule has 0 unspecified atom stereocenters. The Hall–Kier alpha value is -2.84. The number of hydrogen-bond donors (Lipinski definition) is 1. The monoisotopic (exact) mass is 446 g/mol. The summed E-state index contributed by atoms with van der Waals surface area (Å²) in [6.07, 6.45) is 3.85. The zero-order valence-corrected chi connectivity index (χ0v) is 19.5. The van der Waals surface area contributed by atoms with Crippen LogP contribution in [0.2, 0.25) is 0 Å². The average molecular weight is 447 g/mol. The number of anilines is 1. The summed E-state index contributed by atoms with van der Waals surface area (Å²) in [5.41, 5.74) is 1.96. The van der Waals surface area contributed by atoms with E-state index in [9.17, 15) is 13.2 Å². The van der Waals surface area contributed by atoms with Crippen LogP contribution in [0.4, 0.5) is 5.69 Å². The topological polar surface area (TPSA) is 84.9 Å². The van der Waals surface area contributed by atoms with Gasteiger partial charge in [0.1, 0.15) is 0 Å². The van der Waals surface area contributed by atoms with Crippen molar-refractivity contribution in [2.75, 3.05) is 32.1 Å². The molecule has 0 aliphatic heterocycles. The van der Waals surface area contributed by atoms with Crippen LogP contribution in [-0.4, -0.2) is 45.4 Å². The summed E-state index contributed by atoms with van der Waals surface area (Å²) in [5.74, 6) is 0.556. The number of methoxy groups -OCH3 is 1. The van der Waals surface area contributed by atoms with Gasteiger partial charge in [-0.1, -0.05) is 38.1 Å². The van der Waals surface area contributed by atoms with Gasteiger partial charge >= 0.3 is 0 Å². The smallest absolute Gasteiger partial charge is 0.262 e. The summed E-state index contributed by atoms with van der Waals surface area (Å²) in [6.45, 7) is 7.73. The number of carbonyl (C=O) groups excluding carboxylic acids is 1. The van der Waals surface area contributed by atoms with Gasteiger partial charge in [-0.05, 0) is 49.2 Å². The zero-order valence-electron chi connectivity index (χ0n) is 18.6. The normalized spacial score (nSPS) is 11.7. The lowest BCUT2D eigenvalue weighted by atomic mass is 10.2. The molecule has 0 saturated heterocycles. The first-order chi connectivity index (χ1) is 14.8. The summed E-state index contributed by atoms with van der Waals surface area (Å²) in [5, 5.41) is 2.70. The van der Waals surface area contributed by atoms with Crippen molar-refractivity contribution in [1.82, 2.24) is 4.31 Å². The van der Waals surface area contributed by atoms with E-state index in [2.05, 4.69) is 5.32 Å². The predicted molar refractivity (Wildman–Crippen MR) is 123 cm³/mol. The van der Waals surface area contributed by atoms with Crippen LogP contribution in [-0.2, 0) is 14.8 Å². The number of allylic oxidation sites excluding steroid dienone is 1. The zero-order chi connectivity index (χ0) is 23.0. The Bertz CT molecular complexity index is 1040. The van der Waals surface area contributed by atoms with Crippen LogP contribution in [0.3, 0.4) is 0 Å². The second-order valence-electron chi connectivity index (χ2n) is 6.82. The van der Waals surface area contributed by atoms with E-state index in [1.807, 2.05) is 31.2 Å². The van der Waals surface area contributed by atoms with Crippen LogP contribution in [0.5, 0.6) is 11.5 Å². The van der Waals surface area contributed by atoms with Gasteiger partial charge in [0.25, 0.3) is 5.91 Å². The number of nitrogens with zero attached hydrogens (tertiary/aromatic N) is 1. The first-order valence-corrected chi connectivity index (χ1v) is 11.5. The molecule has 0 aliphatic rings. The van der Waals surface area contributed by atoms with E-state index in [4.69, 9.17) is 9.47 Å². The largest absolute Gasteiger partial charge is 0.493 e. The van der Waals surface area contributed by atoms with E-state index in [0.29, 0.717) is 35.8 Å². The fraction of sp³-hybridized carbons (Fsp3) is 0.348. The molecule has 168 valence electrons. The minimum absolute atomic E-state index is 0.177. The summed E-state index contributed by atoms with van der Waals surface area (Å²) in [7, 11) is -2.10. The number of amides is 1. The summed E-state index contributed by atoms with van der Waals surface area (Å²) in [4.78, 5) is 12.6. The van der Waals surface area contributed by atoms with Crippen LogP contribution < -0.4 is 14.8 Å². The van der Waals surface area contributed by atoms with Gasteiger partial charge < -0.3 is 14.8 Å². The molecule has 0 aliphatic carbocycles. The van der Waals surface area contributed by atoms with E-state index >= 15 is 0 Å². The lowest BCUT2D eigenvalue weighted by molar-refractivity contribution is -0.118. The van der Waals surface area contributed by atoms with Crippen LogP contribution in [0.25, 0.3) is 6.08 Å². The van der Waals surface area contributed by atoms with Crippen molar-refractivity contribution in [1.29, 1.82) is 0 Å². The number of nitrogens with one attached hydrogen (secondary N) is 1. The third kappa shape index (κ3) is 6.08. The standard InChI is InChI=1S/C23H30N2O5S/c1-6-9-18-11-13-20(21(14-18)29-5)30-16-23(26)24-19-12-10-17(4)22(15-19)31(27,28)25(7-2)8-3/h6,9-15H,7-8,16H2,1-5H3,(H,24,26)/b9-6+. The van der Waals surface area contributed by atoms with Gasteiger partial charge in [0.05, 0.1) is 12.0 Å². The Morgan fingerprint density at radius 1 is 1.10 bits per heavy atom. The molecule has 0 spiro atoms. The molecule has 0 aromatic heterocycles. The highest BCUT2D eigenvalue weighted by Crippen LogP contribution is 2.29. The van der Waals surface area contributed by atoms with Crippen molar-refractivity contribution in [3.05, 3.63) is 53.6 Å². The van der Waals surface area contributed by atoms with Crippen LogP contribution in [0.1, 0.15) is 31.9 Å². The number of hydrogen-bond acceptors (Lipinski definition) is 5. The molecule has 1 N–H and O–H groups in total. The second kappa shape index (κ2) is 11.0. The van der Waals surface area contributed by atoms with Crippen molar-refractivity contribution in [3.8, 4) is 11.5 Å². The van der Waals surface area contributed by atoms with Crippen LogP contribution in [0, 0.1) is 6.92 Å². The van der Waals surface area contributed by atoms with E-state index < -0.39 is 15.9 Å². The third-order valence-electron chi connectivity index (χ3n) is 4.70. The third-order valence-corrected chi connectivity index (χ3v) is 6.89. The number of aryl methyl sites for hydroxylation is 1. The SMILES string of the molecule is C/C=C/c1ccc(OCC(=O)Nc2ccc(C)c(S(=O)(=O)N(CC)CC)c2)c(OC)c1. The van der Waals surface area contributed by atoms with Crippen LogP contribution >= 0.6 is 0 Å². The number of carbonyl (C=O) groups is 1. The molecule has 1 amide bonds. The van der Waals surface area contributed by atoms with E-state index in [1.165, 1.54) is 17.5 Å². The van der Waals surface area contributed by atoms with Gasteiger partial charge in [0.2, 0.25) is 10.0 Å². The van der Waals surface area contributed by atoms with Crippen molar-refractivity contribution < 1.29 is 22.7 Å². The van der Waals surface area contributed by atoms with Gasteiger partial charge in [-0.15, -0.1) is 0 Å². The molecule has 2 aromatic rings. The number of sulfonamides is 1. The van der Waals surface area contributed by atoms with Crippen molar-refractivity contribution >= 4 is 27.7 Å². The number of benzene rings is 2. The second-order valence-corrected chi connectivity index (χ2v) is 8.72. The van der Waals surface area contributed by atoms with Crippen LogP contribution in [0.15, 0.2) is 47.4 Å². The first kappa shape index (κ1) is 24.4. The Balaban J connectivity index is 2.13. The predicted octanol–water partition coefficient (Wildman–Crippen LogP) is 4.08. The minimum Gasteiger partial charge on any atom is -0.493 e. The van der Waals surface area contributed by atoms with E-state index in [-0.39, 0.29) is 11.5 Å². The van der Waals surface area contributed by atoms with Crippen molar-refractivity contribution in [2.24, 2.45) is 0 Å². The Labute approximate surface area is 184 Å². The van der Waals surface area contributed by atoms with E-state index in [0.717, 1.165) is 5.56 Å². The average Bonchev–Trinajstić information content (AvgIpc) is 2.74. The van der Waals surface area contributed by atoms with E-state index in [1.54, 1.807) is 39.0 Å². The van der Waals surface area contributed by atoms with Crippen molar-refractivity contribution in [3.63, 3.8) is 0 Å². The summed E-state index contributed by atoms with van der Waals surface area (Å²) < 4.78 is 38.1. The molecular weight excluding hydrogens is 416 g/mol. The van der Waals surface area contributed by atoms with Gasteiger partial charge in [0.15, 0.2) is 18.1 Å². The summed E-state index contributed by atoms with van der Waals surface area (Å²) in [6, 6.07) is 10.2. The highest BCUT2D eigenvalue weighted by atomic mass is 32.2. The molecule has 2 rings (SSSR count). The maximum Gasteiger partial charge on any atom is 0.262 e.